The van der Waals surface area contributed by atoms with E-state index in [0.717, 1.165) is 0 Å². The molecule has 0 aliphatic rings. The number of nitrogens with zero attached hydrogens (tertiary/aromatic N) is 1. The number of aliphatic hydroxyl groups is 1. The molecule has 0 aromatic rings. The van der Waals surface area contributed by atoms with Gasteiger partial charge in [0.2, 0.25) is 0 Å². The van der Waals surface area contributed by atoms with E-state index in [9.17, 15) is 4.79 Å². The normalized spacial score (nSPS) is 13.2. The van der Waals surface area contributed by atoms with Crippen LogP contribution in [-0.4, -0.2) is 42.8 Å². The molecule has 5 nitrogen and oxygen atoms in total. The van der Waals surface area contributed by atoms with Crippen molar-refractivity contribution in [3.05, 3.63) is 0 Å². The van der Waals surface area contributed by atoms with Gasteiger partial charge in [-0.25, -0.2) is 5.01 Å². The van der Waals surface area contributed by atoms with Crippen LogP contribution in [0.1, 0.15) is 6.42 Å². The summed E-state index contributed by atoms with van der Waals surface area (Å²) >= 11 is 0. The summed E-state index contributed by atoms with van der Waals surface area (Å²) in [5, 5.41) is 9.96. The topological polar surface area (TPSA) is 78.6 Å². The number of hydrogen-bond acceptors (Lipinski definition) is 4. The molecule has 0 heterocycles. The van der Waals surface area contributed by atoms with Crippen LogP contribution < -0.4 is 11.2 Å². The molecule has 0 unspecified atom stereocenters. The lowest BCUT2D eigenvalue weighted by Crippen LogP contribution is -2.46. The minimum atomic E-state index is -0.623. The lowest BCUT2D eigenvalue weighted by atomic mass is 10.2. The third kappa shape index (κ3) is 4.72. The molecule has 0 aromatic carbocycles. The summed E-state index contributed by atoms with van der Waals surface area (Å²) in [5.41, 5.74) is 7.86. The molecule has 0 radical (unpaired) electrons. The van der Waals surface area contributed by atoms with E-state index in [0.29, 0.717) is 6.42 Å². The lowest BCUT2D eigenvalue weighted by Gasteiger charge is -2.15. The van der Waals surface area contributed by atoms with Gasteiger partial charge >= 0.3 is 0 Å². The van der Waals surface area contributed by atoms with E-state index >= 15 is 0 Å². The van der Waals surface area contributed by atoms with Crippen molar-refractivity contribution in [3.63, 3.8) is 0 Å². The van der Waals surface area contributed by atoms with Gasteiger partial charge < -0.3 is 10.8 Å². The molecule has 0 saturated heterocycles. The molecule has 0 spiro atoms. The largest absolute Gasteiger partial charge is 0.396 e. The maximum Gasteiger partial charge on any atom is 0.251 e. The number of rotatable bonds is 4. The Bertz CT molecular complexity index is 127. The van der Waals surface area contributed by atoms with Crippen LogP contribution in [0.25, 0.3) is 0 Å². The SMILES string of the molecule is CN(C)NC(=O)[C@@H](N)CCO. The average molecular weight is 161 g/mol. The van der Waals surface area contributed by atoms with Gasteiger partial charge in [0.05, 0.1) is 6.04 Å². The first-order chi connectivity index (χ1) is 5.07. The summed E-state index contributed by atoms with van der Waals surface area (Å²) in [6.07, 6.45) is 0.291. The number of carbonyl (C=O) groups excluding carboxylic acids is 1. The highest BCUT2D eigenvalue weighted by Gasteiger charge is 2.11. The second-order valence-electron chi connectivity index (χ2n) is 2.49. The Morgan fingerprint density at radius 3 is 2.64 bits per heavy atom. The standard InChI is InChI=1S/C6H15N3O2/c1-9(2)8-6(11)5(7)3-4-10/h5,10H,3-4,7H2,1-2H3,(H,8,11)/t5-/m0/s1. The highest BCUT2D eigenvalue weighted by molar-refractivity contribution is 5.80. The third-order valence-corrected chi connectivity index (χ3v) is 1.11. The molecule has 0 aliphatic carbocycles. The van der Waals surface area contributed by atoms with Gasteiger partial charge in [-0.3, -0.25) is 10.2 Å². The van der Waals surface area contributed by atoms with Gasteiger partial charge in [0.25, 0.3) is 5.91 Å². The molecule has 0 saturated carbocycles. The Balaban J connectivity index is 3.64. The Morgan fingerprint density at radius 1 is 1.73 bits per heavy atom. The molecule has 0 aliphatic heterocycles. The quantitative estimate of drug-likeness (QED) is 0.429. The van der Waals surface area contributed by atoms with Gasteiger partial charge in [-0.1, -0.05) is 0 Å². The minimum Gasteiger partial charge on any atom is -0.396 e. The second kappa shape index (κ2) is 5.06. The first-order valence-corrected chi connectivity index (χ1v) is 3.42. The number of amides is 1. The monoisotopic (exact) mass is 161 g/mol. The van der Waals surface area contributed by atoms with Crippen molar-refractivity contribution in [1.82, 2.24) is 10.4 Å². The van der Waals surface area contributed by atoms with Crippen molar-refractivity contribution in [3.8, 4) is 0 Å². The molecular formula is C6H15N3O2. The maximum absolute atomic E-state index is 11.0. The van der Waals surface area contributed by atoms with E-state index in [2.05, 4.69) is 5.43 Å². The van der Waals surface area contributed by atoms with Crippen molar-refractivity contribution < 1.29 is 9.90 Å². The van der Waals surface area contributed by atoms with Gasteiger partial charge in [0, 0.05) is 20.7 Å². The van der Waals surface area contributed by atoms with Crippen molar-refractivity contribution >= 4 is 5.91 Å². The van der Waals surface area contributed by atoms with Gasteiger partial charge in [-0.15, -0.1) is 0 Å². The minimum absolute atomic E-state index is 0.0674. The molecule has 1 amide bonds. The van der Waals surface area contributed by atoms with E-state index in [1.54, 1.807) is 14.1 Å². The smallest absolute Gasteiger partial charge is 0.251 e. The molecule has 1 atom stereocenters. The van der Waals surface area contributed by atoms with Gasteiger partial charge in [-0.2, -0.15) is 0 Å². The highest BCUT2D eigenvalue weighted by Crippen LogP contribution is 1.85. The Hall–Kier alpha value is -0.650. The highest BCUT2D eigenvalue weighted by atomic mass is 16.3. The molecular weight excluding hydrogens is 146 g/mol. The van der Waals surface area contributed by atoms with Crippen LogP contribution in [0.3, 0.4) is 0 Å². The zero-order valence-corrected chi connectivity index (χ0v) is 6.87. The second-order valence-corrected chi connectivity index (χ2v) is 2.49. The number of nitrogens with one attached hydrogen (secondary N) is 1. The predicted molar refractivity (Wildman–Crippen MR) is 41.5 cm³/mol. The lowest BCUT2D eigenvalue weighted by molar-refractivity contribution is -0.126. The van der Waals surface area contributed by atoms with Crippen LogP contribution in [0.4, 0.5) is 0 Å². The van der Waals surface area contributed by atoms with Crippen LogP contribution >= 0.6 is 0 Å². The van der Waals surface area contributed by atoms with Crippen molar-refractivity contribution in [1.29, 1.82) is 0 Å². The Kier molecular flexibility index (Phi) is 4.76. The Labute approximate surface area is 66.1 Å². The number of nitrogens with two attached hydrogens (primary N) is 1. The van der Waals surface area contributed by atoms with Crippen LogP contribution in [0.5, 0.6) is 0 Å². The average Bonchev–Trinajstić information content (AvgIpc) is 1.86. The summed E-state index contributed by atoms with van der Waals surface area (Å²) in [5.74, 6) is -0.274. The number of aliphatic hydroxyl groups excluding tert-OH is 1. The third-order valence-electron chi connectivity index (χ3n) is 1.11. The van der Waals surface area contributed by atoms with Gasteiger partial charge in [0.1, 0.15) is 0 Å². The Morgan fingerprint density at radius 2 is 2.27 bits per heavy atom. The van der Waals surface area contributed by atoms with E-state index in [-0.39, 0.29) is 12.5 Å². The van der Waals surface area contributed by atoms with Crippen molar-refractivity contribution in [2.75, 3.05) is 20.7 Å². The molecule has 66 valence electrons. The first kappa shape index (κ1) is 10.3. The van der Waals surface area contributed by atoms with Gasteiger partial charge in [-0.05, 0) is 6.42 Å². The van der Waals surface area contributed by atoms with E-state index in [4.69, 9.17) is 10.8 Å². The fraction of sp³-hybridized carbons (Fsp3) is 0.833. The number of hydrogen-bond donors (Lipinski definition) is 3. The molecule has 0 fully saturated rings. The molecule has 0 aromatic heterocycles. The van der Waals surface area contributed by atoms with E-state index in [1.807, 2.05) is 0 Å². The zero-order chi connectivity index (χ0) is 8.85. The maximum atomic E-state index is 11.0. The summed E-state index contributed by atoms with van der Waals surface area (Å²) in [7, 11) is 3.40. The summed E-state index contributed by atoms with van der Waals surface area (Å²) < 4.78 is 0. The number of carbonyl (C=O) groups is 1. The summed E-state index contributed by atoms with van der Waals surface area (Å²) in [4.78, 5) is 11.0. The molecule has 4 N–H and O–H groups in total. The van der Waals surface area contributed by atoms with Crippen LogP contribution in [-0.2, 0) is 4.79 Å². The molecule has 5 heteroatoms. The van der Waals surface area contributed by atoms with Crippen LogP contribution in [0, 0.1) is 0 Å². The van der Waals surface area contributed by atoms with Crippen molar-refractivity contribution in [2.45, 2.75) is 12.5 Å². The summed E-state index contributed by atoms with van der Waals surface area (Å²) in [6, 6.07) is -0.623. The fourth-order valence-electron chi connectivity index (χ4n) is 0.573. The van der Waals surface area contributed by atoms with E-state index < -0.39 is 6.04 Å². The fourth-order valence-corrected chi connectivity index (χ4v) is 0.573. The van der Waals surface area contributed by atoms with E-state index in [1.165, 1.54) is 5.01 Å². The van der Waals surface area contributed by atoms with Gasteiger partial charge in [0.15, 0.2) is 0 Å². The van der Waals surface area contributed by atoms with Crippen LogP contribution in [0.2, 0.25) is 0 Å². The molecule has 0 bridgehead atoms. The van der Waals surface area contributed by atoms with Crippen molar-refractivity contribution in [2.24, 2.45) is 5.73 Å². The molecule has 11 heavy (non-hydrogen) atoms. The first-order valence-electron chi connectivity index (χ1n) is 3.42. The predicted octanol–water partition coefficient (Wildman–Crippen LogP) is -1.71. The summed E-state index contributed by atoms with van der Waals surface area (Å²) in [6.45, 7) is -0.0674. The zero-order valence-electron chi connectivity index (χ0n) is 6.87. The molecule has 0 rings (SSSR count). The number of hydrazine groups is 1. The van der Waals surface area contributed by atoms with Crippen LogP contribution in [0.15, 0.2) is 0 Å².